The minimum Gasteiger partial charge on any atom is -0.490 e. The summed E-state index contributed by atoms with van der Waals surface area (Å²) in [6.07, 6.45) is 17.8. The summed E-state index contributed by atoms with van der Waals surface area (Å²) in [6, 6.07) is 13.8. The highest BCUT2D eigenvalue weighted by Crippen LogP contribution is 2.19. The minimum absolute atomic E-state index is 0.0658. The molecule has 0 bridgehead atoms. The Hall–Kier alpha value is -4.11. The number of urea groups is 1. The van der Waals surface area contributed by atoms with E-state index in [9.17, 15) is 14.0 Å². The molecule has 3 amide bonds. The van der Waals surface area contributed by atoms with Crippen LogP contribution >= 0.6 is 0 Å². The first-order chi connectivity index (χ1) is 23.8. The number of nitrogens with one attached hydrogen (secondary N) is 2. The number of carbonyl (C=O) groups is 2. The summed E-state index contributed by atoms with van der Waals surface area (Å²) >= 11 is 0. The lowest BCUT2D eigenvalue weighted by Crippen LogP contribution is -2.44. The molecule has 0 atom stereocenters. The first-order valence-corrected chi connectivity index (χ1v) is 18.1. The number of piperidine rings is 1. The number of halogens is 1. The molecule has 0 unspecified atom stereocenters. The van der Waals surface area contributed by atoms with Crippen molar-refractivity contribution in [3.8, 4) is 5.75 Å². The van der Waals surface area contributed by atoms with Crippen LogP contribution in [0.5, 0.6) is 5.75 Å². The van der Waals surface area contributed by atoms with E-state index in [1.165, 1.54) is 42.5 Å². The monoisotopic (exact) mass is 679 g/mol. The Kier molecular flexibility index (Phi) is 23.5. The number of rotatable bonds is 12. The first kappa shape index (κ1) is 42.9. The Morgan fingerprint density at radius 1 is 1.02 bits per heavy atom. The molecule has 2 heterocycles. The molecular weight excluding hydrogens is 617 g/mol. The molecule has 9 heteroatoms. The van der Waals surface area contributed by atoms with Crippen molar-refractivity contribution in [3.63, 3.8) is 0 Å². The Balaban J connectivity index is 0.000000487. The lowest BCUT2D eigenvalue weighted by atomic mass is 10.1. The van der Waals surface area contributed by atoms with Crippen molar-refractivity contribution in [2.75, 3.05) is 38.5 Å². The second-order valence-electron chi connectivity index (χ2n) is 11.6. The van der Waals surface area contributed by atoms with Crippen LogP contribution in [0, 0.1) is 5.82 Å². The Labute approximate surface area is 295 Å². The molecule has 1 saturated heterocycles. The first-order valence-electron chi connectivity index (χ1n) is 18.1. The number of hydrogen-bond acceptors (Lipinski definition) is 5. The van der Waals surface area contributed by atoms with Gasteiger partial charge in [-0.15, -0.1) is 0 Å². The van der Waals surface area contributed by atoms with Gasteiger partial charge in [0.25, 0.3) is 0 Å². The third-order valence-electron chi connectivity index (χ3n) is 7.66. The van der Waals surface area contributed by atoms with Crippen LogP contribution in [-0.4, -0.2) is 61.1 Å². The lowest BCUT2D eigenvalue weighted by Gasteiger charge is -2.30. The van der Waals surface area contributed by atoms with Gasteiger partial charge in [-0.25, -0.2) is 9.18 Å². The molecule has 1 fully saturated rings. The third-order valence-corrected chi connectivity index (χ3v) is 7.66. The summed E-state index contributed by atoms with van der Waals surface area (Å²) in [7, 11) is 2.16. The molecule has 0 radical (unpaired) electrons. The minimum atomic E-state index is -0.384. The summed E-state index contributed by atoms with van der Waals surface area (Å²) in [6.45, 7) is 14.3. The second kappa shape index (κ2) is 26.8. The Morgan fingerprint density at radius 3 is 2.39 bits per heavy atom. The maximum Gasteiger partial charge on any atom is 0.314 e. The standard InChI is InChI=1S/C24H35N3O.C12H15FN2O2.2C2H6/c1-3-4-9-17-27(2)20-22-12-10-13-23(18-22)26-24(28)15-14-21-11-7-5-6-8-16-25-19-21;13-9-1-3-10(4-2-9)17-11-5-7-15(8-6-11)12(14)16;2*1-2/h5-8,10,12-13,18-19,25H,3-4,9,11,14-17,20H2,1-2H3,(H,26,28);1-4,11H,5-8H2,(H2,14,16);2*1-2H3/b7-5-,8-6-,21-19+;;;. The zero-order valence-electron chi connectivity index (χ0n) is 30.8. The van der Waals surface area contributed by atoms with Gasteiger partial charge in [0.2, 0.25) is 5.91 Å². The Morgan fingerprint density at radius 2 is 1.71 bits per heavy atom. The second-order valence-corrected chi connectivity index (χ2v) is 11.6. The fourth-order valence-corrected chi connectivity index (χ4v) is 5.12. The van der Waals surface area contributed by atoms with Gasteiger partial charge >= 0.3 is 6.03 Å². The smallest absolute Gasteiger partial charge is 0.314 e. The molecule has 272 valence electrons. The summed E-state index contributed by atoms with van der Waals surface area (Å²) < 4.78 is 18.4. The molecule has 2 aliphatic heterocycles. The van der Waals surface area contributed by atoms with E-state index in [-0.39, 0.29) is 23.9 Å². The molecule has 2 aromatic carbocycles. The van der Waals surface area contributed by atoms with E-state index in [0.717, 1.165) is 51.0 Å². The number of allylic oxidation sites excluding steroid dienone is 4. The molecular formula is C40H62FN5O3. The molecule has 0 aliphatic carbocycles. The largest absolute Gasteiger partial charge is 0.490 e. The van der Waals surface area contributed by atoms with Gasteiger partial charge in [0.05, 0.1) is 0 Å². The molecule has 2 aromatic rings. The van der Waals surface area contributed by atoms with Gasteiger partial charge in [0.1, 0.15) is 17.7 Å². The van der Waals surface area contributed by atoms with E-state index in [1.807, 2.05) is 52.1 Å². The molecule has 2 aliphatic rings. The van der Waals surface area contributed by atoms with E-state index in [2.05, 4.69) is 59.9 Å². The summed E-state index contributed by atoms with van der Waals surface area (Å²) in [4.78, 5) is 27.3. The molecule has 0 saturated carbocycles. The van der Waals surface area contributed by atoms with E-state index in [0.29, 0.717) is 25.3 Å². The van der Waals surface area contributed by atoms with Crippen molar-refractivity contribution in [3.05, 3.63) is 96.0 Å². The number of hydrogen-bond donors (Lipinski definition) is 3. The molecule has 8 nitrogen and oxygen atoms in total. The highest BCUT2D eigenvalue weighted by molar-refractivity contribution is 5.90. The summed E-state index contributed by atoms with van der Waals surface area (Å²) in [5, 5.41) is 6.32. The maximum atomic E-state index is 12.7. The van der Waals surface area contributed by atoms with E-state index < -0.39 is 0 Å². The number of likely N-dealkylation sites (tertiary alicyclic amines) is 1. The van der Waals surface area contributed by atoms with E-state index >= 15 is 0 Å². The SMILES string of the molecule is CC.CC.CCCCCN(C)Cc1cccc(NC(=O)CC/C2=C/NC/C=C\C=C/C2)c1.NC(=O)N1CCC(Oc2ccc(F)cc2)CC1. The molecule has 0 spiro atoms. The van der Waals surface area contributed by atoms with Crippen molar-refractivity contribution < 1.29 is 18.7 Å². The number of carbonyl (C=O) groups excluding carboxylic acids is 2. The Bertz CT molecular complexity index is 1270. The fourth-order valence-electron chi connectivity index (χ4n) is 5.12. The maximum absolute atomic E-state index is 12.7. The number of anilines is 1. The van der Waals surface area contributed by atoms with Crippen molar-refractivity contribution in [2.45, 2.75) is 98.6 Å². The molecule has 49 heavy (non-hydrogen) atoms. The number of ether oxygens (including phenoxy) is 1. The van der Waals surface area contributed by atoms with Gasteiger partial charge in [-0.05, 0) is 81.0 Å². The van der Waals surface area contributed by atoms with Crippen LogP contribution in [0.4, 0.5) is 14.9 Å². The van der Waals surface area contributed by atoms with Crippen LogP contribution in [0.1, 0.15) is 91.5 Å². The highest BCUT2D eigenvalue weighted by Gasteiger charge is 2.22. The van der Waals surface area contributed by atoms with Crippen molar-refractivity contribution in [1.82, 2.24) is 15.1 Å². The average molecular weight is 680 g/mol. The number of benzene rings is 2. The predicted molar refractivity (Wildman–Crippen MR) is 203 cm³/mol. The van der Waals surface area contributed by atoms with Crippen LogP contribution in [0.3, 0.4) is 0 Å². The highest BCUT2D eigenvalue weighted by atomic mass is 19.1. The van der Waals surface area contributed by atoms with E-state index in [4.69, 9.17) is 10.5 Å². The van der Waals surface area contributed by atoms with Crippen LogP contribution in [0.2, 0.25) is 0 Å². The average Bonchev–Trinajstić information content (AvgIpc) is 3.25. The van der Waals surface area contributed by atoms with Crippen LogP contribution in [0.25, 0.3) is 0 Å². The van der Waals surface area contributed by atoms with Gasteiger partial charge < -0.3 is 30.9 Å². The van der Waals surface area contributed by atoms with Crippen LogP contribution in [0.15, 0.2) is 84.6 Å². The molecule has 4 N–H and O–H groups in total. The van der Waals surface area contributed by atoms with Crippen molar-refractivity contribution in [1.29, 1.82) is 0 Å². The number of nitrogens with two attached hydrogens (primary N) is 1. The zero-order chi connectivity index (χ0) is 36.3. The van der Waals surface area contributed by atoms with E-state index in [1.54, 1.807) is 17.0 Å². The summed E-state index contributed by atoms with van der Waals surface area (Å²) in [5.41, 5.74) is 8.55. The normalized spacial score (nSPS) is 16.5. The van der Waals surface area contributed by atoms with Gasteiger partial charge in [-0.1, -0.05) is 89.5 Å². The third kappa shape index (κ3) is 19.5. The fraction of sp³-hybridized carbons (Fsp3) is 0.500. The summed E-state index contributed by atoms with van der Waals surface area (Å²) in [5.74, 6) is 0.446. The quantitative estimate of drug-likeness (QED) is 0.195. The lowest BCUT2D eigenvalue weighted by molar-refractivity contribution is -0.116. The zero-order valence-corrected chi connectivity index (χ0v) is 30.8. The van der Waals surface area contributed by atoms with Crippen LogP contribution in [-0.2, 0) is 11.3 Å². The van der Waals surface area contributed by atoms with Gasteiger partial charge in [0, 0.05) is 51.1 Å². The number of primary amides is 1. The van der Waals surface area contributed by atoms with Crippen molar-refractivity contribution >= 4 is 17.6 Å². The van der Waals surface area contributed by atoms with Gasteiger partial charge in [-0.2, -0.15) is 0 Å². The number of nitrogens with zero attached hydrogens (tertiary/aromatic N) is 2. The number of unbranched alkanes of at least 4 members (excludes halogenated alkanes) is 2. The van der Waals surface area contributed by atoms with Gasteiger partial charge in [-0.3, -0.25) is 4.79 Å². The van der Waals surface area contributed by atoms with Crippen molar-refractivity contribution in [2.24, 2.45) is 5.73 Å². The van der Waals surface area contributed by atoms with Gasteiger partial charge in [0.15, 0.2) is 0 Å². The molecule has 4 rings (SSSR count). The van der Waals surface area contributed by atoms with Crippen LogP contribution < -0.4 is 21.1 Å². The number of amides is 3. The predicted octanol–water partition coefficient (Wildman–Crippen LogP) is 8.82. The molecule has 0 aromatic heterocycles. The topological polar surface area (TPSA) is 99.9 Å².